The van der Waals surface area contributed by atoms with Gasteiger partial charge in [-0.1, -0.05) is 48.5 Å². The molecule has 3 aliphatic carbocycles. The molecule has 1 heterocycles. The van der Waals surface area contributed by atoms with Crippen LogP contribution in [-0.4, -0.2) is 31.2 Å². The van der Waals surface area contributed by atoms with Crippen LogP contribution in [0.5, 0.6) is 11.5 Å². The third-order valence-electron chi connectivity index (χ3n) is 8.65. The number of anilines is 1. The van der Waals surface area contributed by atoms with E-state index in [0.29, 0.717) is 24.7 Å². The van der Waals surface area contributed by atoms with Gasteiger partial charge in [0.2, 0.25) is 11.8 Å². The molecule has 1 saturated heterocycles. The van der Waals surface area contributed by atoms with Crippen molar-refractivity contribution in [2.24, 2.45) is 16.8 Å². The summed E-state index contributed by atoms with van der Waals surface area (Å²) in [5, 5.41) is 0. The summed E-state index contributed by atoms with van der Waals surface area (Å²) in [6.07, 6.45) is 1.92. The van der Waals surface area contributed by atoms with Gasteiger partial charge in [0, 0.05) is 12.1 Å². The highest BCUT2D eigenvalue weighted by Gasteiger charge is 2.67. The second-order valence-electron chi connectivity index (χ2n) is 10.6. The van der Waals surface area contributed by atoms with Crippen LogP contribution in [0, 0.1) is 11.8 Å². The zero-order valence-corrected chi connectivity index (χ0v) is 23.0. The van der Waals surface area contributed by atoms with E-state index in [0.717, 1.165) is 33.7 Å². The summed E-state index contributed by atoms with van der Waals surface area (Å²) in [6, 6.07) is 31.3. The number of imide groups is 1. The van der Waals surface area contributed by atoms with Gasteiger partial charge >= 0.3 is 0 Å². The fourth-order valence-corrected chi connectivity index (χ4v) is 7.13. The molecule has 0 N–H and O–H groups in total. The first-order valence-corrected chi connectivity index (χ1v) is 14.2. The largest absolute Gasteiger partial charge is 0.494 e. The van der Waals surface area contributed by atoms with E-state index in [1.165, 1.54) is 4.90 Å². The number of hydrogen-bond acceptors (Lipinski definition) is 5. The number of nitrogens with zero attached hydrogens (tertiary/aromatic N) is 2. The second kappa shape index (κ2) is 9.73. The Kier molecular flexibility index (Phi) is 6.00. The molecule has 0 saturated carbocycles. The van der Waals surface area contributed by atoms with Crippen LogP contribution < -0.4 is 14.4 Å². The summed E-state index contributed by atoms with van der Waals surface area (Å²) >= 11 is 0. The van der Waals surface area contributed by atoms with Crippen molar-refractivity contribution in [2.75, 3.05) is 18.1 Å². The van der Waals surface area contributed by atoms with E-state index in [2.05, 4.69) is 24.3 Å². The van der Waals surface area contributed by atoms with Gasteiger partial charge in [-0.3, -0.25) is 14.6 Å². The van der Waals surface area contributed by atoms with Gasteiger partial charge in [-0.05, 0) is 84.6 Å². The van der Waals surface area contributed by atoms with Gasteiger partial charge in [0.15, 0.2) is 0 Å². The minimum Gasteiger partial charge on any atom is -0.494 e. The Balaban J connectivity index is 1.41. The Hall–Kier alpha value is -4.71. The van der Waals surface area contributed by atoms with Gasteiger partial charge in [-0.2, -0.15) is 0 Å². The summed E-state index contributed by atoms with van der Waals surface area (Å²) in [6.45, 7) is 5.00. The molecule has 4 aliphatic rings. The van der Waals surface area contributed by atoms with Crippen LogP contribution in [0.4, 0.5) is 11.4 Å². The average molecular weight is 543 g/mol. The Morgan fingerprint density at radius 2 is 1.27 bits per heavy atom. The van der Waals surface area contributed by atoms with Crippen LogP contribution in [0.15, 0.2) is 102 Å². The number of carbonyl (C=O) groups excluding carboxylic acids is 2. The maximum absolute atomic E-state index is 14.5. The monoisotopic (exact) mass is 542 g/mol. The smallest absolute Gasteiger partial charge is 0.239 e. The molecule has 8 rings (SSSR count). The lowest BCUT2D eigenvalue weighted by molar-refractivity contribution is -0.122. The third-order valence-corrected chi connectivity index (χ3v) is 8.65. The standard InChI is InChI=1S/C35H30N2O4/c1-3-40-24-17-13-22(14-18-24)36-21-35-28-11-7-5-9-26(28)30(27-10-6-8-12-29(27)35)31-32(35)34(39)37(33(31)38)23-15-19-25(20-16-23)41-4-2/h5-21,30-32H,3-4H2,1-2H3/t30?,31-,32+,35?/m1/s1. The highest BCUT2D eigenvalue weighted by molar-refractivity contribution is 6.25. The van der Waals surface area contributed by atoms with Crippen LogP contribution >= 0.6 is 0 Å². The van der Waals surface area contributed by atoms with Crippen LogP contribution in [0.3, 0.4) is 0 Å². The summed E-state index contributed by atoms with van der Waals surface area (Å²) in [5.41, 5.74) is 4.65. The molecule has 0 unspecified atom stereocenters. The third kappa shape index (κ3) is 3.67. The first kappa shape index (κ1) is 25.3. The molecule has 4 aromatic carbocycles. The number of hydrogen-bond donors (Lipinski definition) is 0. The molecule has 6 heteroatoms. The summed E-state index contributed by atoms with van der Waals surface area (Å²) in [7, 11) is 0. The minimum atomic E-state index is -0.905. The van der Waals surface area contributed by atoms with E-state index in [1.54, 1.807) is 12.1 Å². The van der Waals surface area contributed by atoms with Crippen molar-refractivity contribution >= 4 is 29.4 Å². The number of rotatable bonds is 7. The van der Waals surface area contributed by atoms with E-state index in [9.17, 15) is 9.59 Å². The average Bonchev–Trinajstić information content (AvgIpc) is 3.28. The minimum absolute atomic E-state index is 0.169. The topological polar surface area (TPSA) is 68.2 Å². The molecule has 2 bridgehead atoms. The number of carbonyl (C=O) groups is 2. The number of aliphatic imine (C=N–C) groups is 1. The molecule has 0 radical (unpaired) electrons. The lowest BCUT2D eigenvalue weighted by Gasteiger charge is -2.52. The van der Waals surface area contributed by atoms with Gasteiger partial charge in [0.05, 0.1) is 41.8 Å². The Bertz CT molecular complexity index is 1630. The summed E-state index contributed by atoms with van der Waals surface area (Å²) in [4.78, 5) is 35.2. The number of amides is 2. The molecule has 1 fully saturated rings. The van der Waals surface area contributed by atoms with Gasteiger partial charge in [-0.25, -0.2) is 4.90 Å². The van der Waals surface area contributed by atoms with Crippen LogP contribution in [0.1, 0.15) is 42.0 Å². The van der Waals surface area contributed by atoms with Crippen molar-refractivity contribution < 1.29 is 19.1 Å². The normalized spacial score (nSPS) is 23.9. The molecule has 204 valence electrons. The predicted molar refractivity (Wildman–Crippen MR) is 158 cm³/mol. The van der Waals surface area contributed by atoms with Gasteiger partial charge in [-0.15, -0.1) is 0 Å². The Labute approximate surface area is 239 Å². The Morgan fingerprint density at radius 3 is 1.83 bits per heavy atom. The lowest BCUT2D eigenvalue weighted by Crippen LogP contribution is -2.54. The van der Waals surface area contributed by atoms with Crippen molar-refractivity contribution in [2.45, 2.75) is 25.2 Å². The second-order valence-corrected chi connectivity index (χ2v) is 10.6. The predicted octanol–water partition coefficient (Wildman–Crippen LogP) is 6.44. The molecule has 41 heavy (non-hydrogen) atoms. The molecule has 2 atom stereocenters. The molecule has 1 aliphatic heterocycles. The highest BCUT2D eigenvalue weighted by atomic mass is 16.5. The Morgan fingerprint density at radius 1 is 0.732 bits per heavy atom. The summed E-state index contributed by atoms with van der Waals surface area (Å²) in [5.74, 6) is -0.258. The number of benzene rings is 4. The fraction of sp³-hybridized carbons (Fsp3) is 0.229. The van der Waals surface area contributed by atoms with Crippen molar-refractivity contribution in [3.63, 3.8) is 0 Å². The maximum atomic E-state index is 14.5. The first-order valence-electron chi connectivity index (χ1n) is 14.2. The van der Waals surface area contributed by atoms with E-state index in [-0.39, 0.29) is 17.7 Å². The van der Waals surface area contributed by atoms with Gasteiger partial charge < -0.3 is 9.47 Å². The SMILES string of the molecule is CCOc1ccc(N=CC23c4ccccc4C(c4ccccc42)[C@H]2C(=O)N(c4ccc(OCC)cc4)C(=O)[C@H]23)cc1. The van der Waals surface area contributed by atoms with Crippen LogP contribution in [0.25, 0.3) is 0 Å². The summed E-state index contributed by atoms with van der Waals surface area (Å²) < 4.78 is 11.2. The quantitative estimate of drug-likeness (QED) is 0.199. The van der Waals surface area contributed by atoms with Crippen molar-refractivity contribution in [3.8, 4) is 11.5 Å². The van der Waals surface area contributed by atoms with E-state index in [4.69, 9.17) is 14.5 Å². The number of ether oxygens (including phenoxy) is 2. The van der Waals surface area contributed by atoms with E-state index >= 15 is 0 Å². The zero-order valence-electron chi connectivity index (χ0n) is 23.0. The fourth-order valence-electron chi connectivity index (χ4n) is 7.13. The molecule has 6 nitrogen and oxygen atoms in total. The molecule has 0 spiro atoms. The van der Waals surface area contributed by atoms with Gasteiger partial charge in [0.25, 0.3) is 0 Å². The molecular formula is C35H30N2O4. The molecule has 4 aromatic rings. The van der Waals surface area contributed by atoms with E-state index < -0.39 is 17.3 Å². The van der Waals surface area contributed by atoms with Gasteiger partial charge in [0.1, 0.15) is 11.5 Å². The van der Waals surface area contributed by atoms with Crippen molar-refractivity contribution in [1.82, 2.24) is 0 Å². The van der Waals surface area contributed by atoms with Crippen molar-refractivity contribution in [1.29, 1.82) is 0 Å². The van der Waals surface area contributed by atoms with Crippen molar-refractivity contribution in [3.05, 3.63) is 119 Å². The highest BCUT2D eigenvalue weighted by Crippen LogP contribution is 2.63. The van der Waals surface area contributed by atoms with Crippen LogP contribution in [0.2, 0.25) is 0 Å². The molecular weight excluding hydrogens is 512 g/mol. The molecule has 2 amide bonds. The van der Waals surface area contributed by atoms with Crippen LogP contribution in [-0.2, 0) is 15.0 Å². The first-order chi connectivity index (χ1) is 20.1. The maximum Gasteiger partial charge on any atom is 0.239 e. The molecule has 0 aromatic heterocycles. The zero-order chi connectivity index (χ0) is 28.1. The van der Waals surface area contributed by atoms with E-state index in [1.807, 2.05) is 80.7 Å². The lowest BCUT2D eigenvalue weighted by atomic mass is 9.47.